The van der Waals surface area contributed by atoms with Gasteiger partial charge in [-0.2, -0.15) is 0 Å². The molecular weight excluding hydrogens is 206 g/mol. The molecule has 0 aliphatic carbocycles. The second-order valence-electron chi connectivity index (χ2n) is 3.91. The van der Waals surface area contributed by atoms with E-state index in [1.165, 1.54) is 4.57 Å². The second kappa shape index (κ2) is 4.51. The minimum atomic E-state index is -1.12. The molecule has 4 nitrogen and oxygen atoms in total. The molecule has 1 heterocycles. The van der Waals surface area contributed by atoms with E-state index in [1.54, 1.807) is 39.1 Å². The summed E-state index contributed by atoms with van der Waals surface area (Å²) in [7, 11) is 0. The zero-order valence-electron chi connectivity index (χ0n) is 9.86. The highest BCUT2D eigenvalue weighted by Gasteiger charge is 2.37. The van der Waals surface area contributed by atoms with E-state index in [0.29, 0.717) is 18.4 Å². The lowest BCUT2D eigenvalue weighted by Gasteiger charge is -2.29. The first-order valence-corrected chi connectivity index (χ1v) is 5.41. The smallest absolute Gasteiger partial charge is 0.329 e. The van der Waals surface area contributed by atoms with Crippen molar-refractivity contribution in [1.82, 2.24) is 4.57 Å². The molecule has 0 spiro atoms. The minimum absolute atomic E-state index is 0.228. The maximum absolute atomic E-state index is 11.9. The number of carboxylic acid groups (broad SMARTS) is 1. The van der Waals surface area contributed by atoms with Gasteiger partial charge in [0.1, 0.15) is 5.54 Å². The van der Waals surface area contributed by atoms with Gasteiger partial charge in [0.15, 0.2) is 0 Å². The molecule has 0 fully saturated rings. The van der Waals surface area contributed by atoms with Crippen LogP contribution in [0.4, 0.5) is 0 Å². The molecule has 0 saturated heterocycles. The molecule has 1 aromatic heterocycles. The third kappa shape index (κ3) is 1.75. The quantitative estimate of drug-likeness (QED) is 0.846. The van der Waals surface area contributed by atoms with Crippen LogP contribution in [0, 0.1) is 6.92 Å². The van der Waals surface area contributed by atoms with Gasteiger partial charge in [0.05, 0.1) is 0 Å². The molecule has 0 atom stereocenters. The summed E-state index contributed by atoms with van der Waals surface area (Å²) < 4.78 is 1.34. The van der Waals surface area contributed by atoms with E-state index >= 15 is 0 Å². The Morgan fingerprint density at radius 2 is 2.00 bits per heavy atom. The summed E-state index contributed by atoms with van der Waals surface area (Å²) in [4.78, 5) is 23.3. The molecular formula is C12H17NO3. The number of carboxylic acids is 1. The Balaban J connectivity index is 3.49. The van der Waals surface area contributed by atoms with Gasteiger partial charge in [-0.3, -0.25) is 9.36 Å². The first kappa shape index (κ1) is 12.5. The van der Waals surface area contributed by atoms with Crippen molar-refractivity contribution in [3.8, 4) is 0 Å². The molecule has 88 valence electrons. The molecule has 0 aromatic carbocycles. The van der Waals surface area contributed by atoms with Crippen molar-refractivity contribution in [2.24, 2.45) is 0 Å². The van der Waals surface area contributed by atoms with E-state index < -0.39 is 11.5 Å². The molecule has 0 unspecified atom stereocenters. The van der Waals surface area contributed by atoms with Crippen LogP contribution in [0.15, 0.2) is 23.1 Å². The number of hydrogen-bond donors (Lipinski definition) is 1. The number of aryl methyl sites for hydroxylation is 1. The molecule has 16 heavy (non-hydrogen) atoms. The minimum Gasteiger partial charge on any atom is -0.479 e. The zero-order valence-corrected chi connectivity index (χ0v) is 9.86. The SMILES string of the molecule is CCC(CC)(C(=O)O)n1cccc(C)c1=O. The van der Waals surface area contributed by atoms with E-state index in [4.69, 9.17) is 0 Å². The van der Waals surface area contributed by atoms with Crippen LogP contribution in [0.25, 0.3) is 0 Å². The highest BCUT2D eigenvalue weighted by molar-refractivity contribution is 5.76. The highest BCUT2D eigenvalue weighted by atomic mass is 16.4. The summed E-state index contributed by atoms with van der Waals surface area (Å²) in [5.74, 6) is -0.954. The number of pyridine rings is 1. The Morgan fingerprint density at radius 3 is 2.44 bits per heavy atom. The molecule has 0 saturated carbocycles. The van der Waals surface area contributed by atoms with Crippen molar-refractivity contribution in [3.05, 3.63) is 34.2 Å². The molecule has 0 bridgehead atoms. The zero-order chi connectivity index (χ0) is 12.3. The summed E-state index contributed by atoms with van der Waals surface area (Å²) >= 11 is 0. The van der Waals surface area contributed by atoms with Gasteiger partial charge in [-0.05, 0) is 25.8 Å². The van der Waals surface area contributed by atoms with E-state index in [1.807, 2.05) is 0 Å². The molecule has 4 heteroatoms. The Labute approximate surface area is 94.5 Å². The van der Waals surface area contributed by atoms with Crippen molar-refractivity contribution in [2.45, 2.75) is 39.2 Å². The molecule has 1 rings (SSSR count). The van der Waals surface area contributed by atoms with Crippen molar-refractivity contribution in [1.29, 1.82) is 0 Å². The topological polar surface area (TPSA) is 59.3 Å². The summed E-state index contributed by atoms with van der Waals surface area (Å²) in [6.07, 6.45) is 2.33. The van der Waals surface area contributed by atoms with Gasteiger partial charge >= 0.3 is 5.97 Å². The van der Waals surface area contributed by atoms with E-state index in [2.05, 4.69) is 0 Å². The van der Waals surface area contributed by atoms with Gasteiger partial charge in [0.25, 0.3) is 5.56 Å². The van der Waals surface area contributed by atoms with E-state index in [-0.39, 0.29) is 5.56 Å². The van der Waals surface area contributed by atoms with Crippen LogP contribution in [0.3, 0.4) is 0 Å². The van der Waals surface area contributed by atoms with Crippen molar-refractivity contribution in [3.63, 3.8) is 0 Å². The molecule has 0 amide bonds. The predicted octanol–water partition coefficient (Wildman–Crippen LogP) is 1.76. The molecule has 0 radical (unpaired) electrons. The van der Waals surface area contributed by atoms with Gasteiger partial charge in [0, 0.05) is 11.8 Å². The number of aromatic nitrogens is 1. The van der Waals surface area contributed by atoms with Crippen LogP contribution < -0.4 is 5.56 Å². The molecule has 0 aliphatic rings. The molecule has 0 aliphatic heterocycles. The summed E-state index contributed by atoms with van der Waals surface area (Å²) in [5, 5.41) is 9.33. The lowest BCUT2D eigenvalue weighted by molar-refractivity contribution is -0.148. The number of hydrogen-bond acceptors (Lipinski definition) is 2. The Bertz CT molecular complexity index is 444. The van der Waals surface area contributed by atoms with E-state index in [9.17, 15) is 14.7 Å². The Hall–Kier alpha value is -1.58. The van der Waals surface area contributed by atoms with Gasteiger partial charge in [-0.1, -0.05) is 19.9 Å². The first-order chi connectivity index (χ1) is 7.49. The first-order valence-electron chi connectivity index (χ1n) is 5.41. The summed E-state index contributed by atoms with van der Waals surface area (Å²) in [6, 6.07) is 3.40. The maximum Gasteiger partial charge on any atom is 0.329 e. The summed E-state index contributed by atoms with van der Waals surface area (Å²) in [5.41, 5.74) is -0.785. The lowest BCUT2D eigenvalue weighted by Crippen LogP contribution is -2.46. The number of aliphatic carboxylic acids is 1. The van der Waals surface area contributed by atoms with Gasteiger partial charge in [0.2, 0.25) is 0 Å². The fourth-order valence-electron chi connectivity index (χ4n) is 1.94. The number of carbonyl (C=O) groups is 1. The van der Waals surface area contributed by atoms with Gasteiger partial charge < -0.3 is 5.11 Å². The standard InChI is InChI=1S/C12H17NO3/c1-4-12(5-2,11(15)16)13-8-6-7-9(3)10(13)14/h6-8H,4-5H2,1-3H3,(H,15,16). The second-order valence-corrected chi connectivity index (χ2v) is 3.91. The van der Waals surface area contributed by atoms with Crippen LogP contribution in [0.5, 0.6) is 0 Å². The van der Waals surface area contributed by atoms with Crippen LogP contribution in [0.2, 0.25) is 0 Å². The maximum atomic E-state index is 11.9. The third-order valence-corrected chi connectivity index (χ3v) is 3.17. The monoisotopic (exact) mass is 223 g/mol. The largest absolute Gasteiger partial charge is 0.479 e. The van der Waals surface area contributed by atoms with Crippen LogP contribution in [-0.2, 0) is 10.3 Å². The average molecular weight is 223 g/mol. The third-order valence-electron chi connectivity index (χ3n) is 3.17. The van der Waals surface area contributed by atoms with Crippen molar-refractivity contribution >= 4 is 5.97 Å². The number of rotatable bonds is 4. The molecule has 1 aromatic rings. The average Bonchev–Trinajstić information content (AvgIpc) is 2.26. The van der Waals surface area contributed by atoms with Crippen LogP contribution in [0.1, 0.15) is 32.3 Å². The molecule has 1 N–H and O–H groups in total. The van der Waals surface area contributed by atoms with Crippen molar-refractivity contribution in [2.75, 3.05) is 0 Å². The summed E-state index contributed by atoms with van der Waals surface area (Å²) in [6.45, 7) is 5.26. The van der Waals surface area contributed by atoms with Gasteiger partial charge in [-0.25, -0.2) is 4.79 Å². The van der Waals surface area contributed by atoms with Crippen molar-refractivity contribution < 1.29 is 9.90 Å². The van der Waals surface area contributed by atoms with Gasteiger partial charge in [-0.15, -0.1) is 0 Å². The lowest BCUT2D eigenvalue weighted by atomic mass is 9.92. The van der Waals surface area contributed by atoms with Crippen LogP contribution in [-0.4, -0.2) is 15.6 Å². The van der Waals surface area contributed by atoms with E-state index in [0.717, 1.165) is 0 Å². The number of nitrogens with zero attached hydrogens (tertiary/aromatic N) is 1. The normalized spacial score (nSPS) is 11.4. The highest BCUT2D eigenvalue weighted by Crippen LogP contribution is 2.23. The fourth-order valence-corrected chi connectivity index (χ4v) is 1.94. The predicted molar refractivity (Wildman–Crippen MR) is 61.6 cm³/mol. The fraction of sp³-hybridized carbons (Fsp3) is 0.500. The Kier molecular flexibility index (Phi) is 3.52. The Morgan fingerprint density at radius 1 is 1.44 bits per heavy atom. The van der Waals surface area contributed by atoms with Crippen LogP contribution >= 0.6 is 0 Å².